The van der Waals surface area contributed by atoms with E-state index >= 15 is 0 Å². The SMILES string of the molecule is CCO[C@H]1OC(=O)[C@@H]2C(c3ccc([N+](=O)[O-])cc3)=NO[C@H]12. The summed E-state index contributed by atoms with van der Waals surface area (Å²) in [7, 11) is 0. The molecular formula is C13H12N2O6. The molecule has 0 spiro atoms. The summed E-state index contributed by atoms with van der Waals surface area (Å²) >= 11 is 0. The largest absolute Gasteiger partial charge is 0.431 e. The van der Waals surface area contributed by atoms with Crippen LogP contribution < -0.4 is 0 Å². The van der Waals surface area contributed by atoms with E-state index in [0.717, 1.165) is 0 Å². The minimum atomic E-state index is -0.771. The van der Waals surface area contributed by atoms with Crippen LogP contribution in [0.5, 0.6) is 0 Å². The summed E-state index contributed by atoms with van der Waals surface area (Å²) in [5.41, 5.74) is 0.959. The van der Waals surface area contributed by atoms with Crippen molar-refractivity contribution in [1.82, 2.24) is 0 Å². The number of nitrogens with zero attached hydrogens (tertiary/aromatic N) is 2. The monoisotopic (exact) mass is 292 g/mol. The van der Waals surface area contributed by atoms with Gasteiger partial charge in [-0.05, 0) is 19.1 Å². The Morgan fingerprint density at radius 1 is 1.38 bits per heavy atom. The van der Waals surface area contributed by atoms with Crippen LogP contribution in [0.4, 0.5) is 5.69 Å². The minimum absolute atomic E-state index is 0.0315. The molecule has 0 bridgehead atoms. The Bertz CT molecular complexity index is 612. The zero-order valence-electron chi connectivity index (χ0n) is 11.1. The summed E-state index contributed by atoms with van der Waals surface area (Å²) < 4.78 is 10.4. The highest BCUT2D eigenvalue weighted by Gasteiger charge is 2.54. The molecule has 8 heteroatoms. The lowest BCUT2D eigenvalue weighted by molar-refractivity contribution is -0.384. The molecule has 110 valence electrons. The van der Waals surface area contributed by atoms with Gasteiger partial charge in [0.2, 0.25) is 12.4 Å². The number of esters is 1. The van der Waals surface area contributed by atoms with Crippen molar-refractivity contribution in [2.75, 3.05) is 6.61 Å². The highest BCUT2D eigenvalue weighted by Crippen LogP contribution is 2.34. The molecule has 3 atom stereocenters. The van der Waals surface area contributed by atoms with Gasteiger partial charge in [0.05, 0.1) is 4.92 Å². The van der Waals surface area contributed by atoms with Crippen molar-refractivity contribution in [3.05, 3.63) is 39.9 Å². The van der Waals surface area contributed by atoms with E-state index in [9.17, 15) is 14.9 Å². The molecule has 1 fully saturated rings. The second-order valence-corrected chi connectivity index (χ2v) is 4.59. The zero-order chi connectivity index (χ0) is 15.0. The van der Waals surface area contributed by atoms with E-state index < -0.39 is 29.2 Å². The van der Waals surface area contributed by atoms with Crippen molar-refractivity contribution < 1.29 is 24.0 Å². The lowest BCUT2D eigenvalue weighted by atomic mass is 9.94. The number of carbonyl (C=O) groups excluding carboxylic acids is 1. The molecular weight excluding hydrogens is 280 g/mol. The number of benzene rings is 1. The van der Waals surface area contributed by atoms with Crippen LogP contribution in [0.15, 0.2) is 29.4 Å². The van der Waals surface area contributed by atoms with Crippen molar-refractivity contribution >= 4 is 17.4 Å². The minimum Gasteiger partial charge on any atom is -0.431 e. The molecule has 0 unspecified atom stereocenters. The van der Waals surface area contributed by atoms with Gasteiger partial charge in [0.1, 0.15) is 11.6 Å². The number of cyclic esters (lactones) is 1. The smallest absolute Gasteiger partial charge is 0.321 e. The lowest BCUT2D eigenvalue weighted by Gasteiger charge is -2.13. The molecule has 2 heterocycles. The summed E-state index contributed by atoms with van der Waals surface area (Å²) in [6.45, 7) is 2.17. The van der Waals surface area contributed by atoms with Crippen LogP contribution in [0.3, 0.4) is 0 Å². The van der Waals surface area contributed by atoms with Gasteiger partial charge in [-0.1, -0.05) is 5.16 Å². The Kier molecular flexibility index (Phi) is 3.30. The topological polar surface area (TPSA) is 100 Å². The average molecular weight is 292 g/mol. The fourth-order valence-corrected chi connectivity index (χ4v) is 2.38. The molecule has 1 saturated heterocycles. The van der Waals surface area contributed by atoms with Crippen molar-refractivity contribution in [1.29, 1.82) is 0 Å². The Balaban J connectivity index is 1.84. The van der Waals surface area contributed by atoms with Crippen LogP contribution in [-0.2, 0) is 19.1 Å². The average Bonchev–Trinajstić information content (AvgIpc) is 3.02. The van der Waals surface area contributed by atoms with Gasteiger partial charge < -0.3 is 14.3 Å². The summed E-state index contributed by atoms with van der Waals surface area (Å²) in [6.07, 6.45) is -1.38. The number of ether oxygens (including phenoxy) is 2. The first-order chi connectivity index (χ1) is 10.1. The third-order valence-corrected chi connectivity index (χ3v) is 3.36. The third-order valence-electron chi connectivity index (χ3n) is 3.36. The van der Waals surface area contributed by atoms with Gasteiger partial charge in [-0.2, -0.15) is 0 Å². The molecule has 21 heavy (non-hydrogen) atoms. The molecule has 0 amide bonds. The van der Waals surface area contributed by atoms with Gasteiger partial charge in [0.25, 0.3) is 5.69 Å². The fourth-order valence-electron chi connectivity index (χ4n) is 2.38. The van der Waals surface area contributed by atoms with E-state index in [1.807, 2.05) is 0 Å². The van der Waals surface area contributed by atoms with Crippen LogP contribution >= 0.6 is 0 Å². The van der Waals surface area contributed by atoms with Crippen LogP contribution in [-0.4, -0.2) is 35.6 Å². The number of oxime groups is 1. The molecule has 0 aromatic heterocycles. The van der Waals surface area contributed by atoms with Crippen molar-refractivity contribution in [3.63, 3.8) is 0 Å². The van der Waals surface area contributed by atoms with Crippen molar-refractivity contribution in [2.24, 2.45) is 11.1 Å². The number of rotatable bonds is 4. The van der Waals surface area contributed by atoms with Crippen LogP contribution in [0.25, 0.3) is 0 Å². The van der Waals surface area contributed by atoms with Crippen molar-refractivity contribution in [2.45, 2.75) is 19.3 Å². The molecule has 0 radical (unpaired) electrons. The fraction of sp³-hybridized carbons (Fsp3) is 0.385. The van der Waals surface area contributed by atoms with Crippen molar-refractivity contribution in [3.8, 4) is 0 Å². The van der Waals surface area contributed by atoms with E-state index in [1.165, 1.54) is 24.3 Å². The number of hydrogen-bond acceptors (Lipinski definition) is 7. The van der Waals surface area contributed by atoms with Gasteiger partial charge >= 0.3 is 5.97 Å². The van der Waals surface area contributed by atoms with Gasteiger partial charge in [-0.3, -0.25) is 14.9 Å². The summed E-state index contributed by atoms with van der Waals surface area (Å²) in [5, 5.41) is 14.6. The van der Waals surface area contributed by atoms with Gasteiger partial charge in [-0.25, -0.2) is 0 Å². The molecule has 0 N–H and O–H groups in total. The quantitative estimate of drug-likeness (QED) is 0.470. The Labute approximate surface area is 119 Å². The maximum absolute atomic E-state index is 11.9. The van der Waals surface area contributed by atoms with E-state index in [4.69, 9.17) is 14.3 Å². The standard InChI is InChI=1S/C13H12N2O6/c1-2-19-13-11-9(12(16)20-13)10(14-21-11)7-3-5-8(6-4-7)15(17)18/h3-6,9,11,13H,2H2,1H3/t9-,11+,13+/m1/s1. The second kappa shape index (κ2) is 5.13. The Morgan fingerprint density at radius 2 is 2.10 bits per heavy atom. The highest BCUT2D eigenvalue weighted by molar-refractivity contribution is 6.13. The van der Waals surface area contributed by atoms with E-state index in [1.54, 1.807) is 6.92 Å². The number of carbonyl (C=O) groups is 1. The predicted molar refractivity (Wildman–Crippen MR) is 69.5 cm³/mol. The first-order valence-electron chi connectivity index (χ1n) is 6.42. The summed E-state index contributed by atoms with van der Waals surface area (Å²) in [4.78, 5) is 27.3. The maximum atomic E-state index is 11.9. The Morgan fingerprint density at radius 3 is 2.71 bits per heavy atom. The van der Waals surface area contributed by atoms with Gasteiger partial charge in [-0.15, -0.1) is 0 Å². The third kappa shape index (κ3) is 2.23. The number of hydrogen-bond donors (Lipinski definition) is 0. The second-order valence-electron chi connectivity index (χ2n) is 4.59. The van der Waals surface area contributed by atoms with Gasteiger partial charge in [0.15, 0.2) is 0 Å². The molecule has 0 saturated carbocycles. The highest BCUT2D eigenvalue weighted by atomic mass is 16.8. The zero-order valence-corrected chi connectivity index (χ0v) is 11.1. The van der Waals surface area contributed by atoms with Crippen LogP contribution in [0.1, 0.15) is 12.5 Å². The summed E-state index contributed by atoms with van der Waals surface area (Å²) in [5.74, 6) is -1.13. The van der Waals surface area contributed by atoms with Crippen LogP contribution in [0, 0.1) is 16.0 Å². The first-order valence-corrected chi connectivity index (χ1v) is 6.42. The normalized spacial score (nSPS) is 26.8. The molecule has 0 aliphatic carbocycles. The van der Waals surface area contributed by atoms with E-state index in [0.29, 0.717) is 17.9 Å². The number of nitro benzene ring substituents is 1. The predicted octanol–water partition coefficient (Wildman–Crippen LogP) is 1.23. The molecule has 1 aromatic carbocycles. The summed E-state index contributed by atoms with van der Waals surface area (Å²) in [6, 6.07) is 5.77. The first kappa shape index (κ1) is 13.5. The molecule has 2 aliphatic rings. The Hall–Kier alpha value is -2.48. The van der Waals surface area contributed by atoms with Crippen LogP contribution in [0.2, 0.25) is 0 Å². The molecule has 1 aromatic rings. The molecule has 2 aliphatic heterocycles. The number of nitro groups is 1. The molecule has 8 nitrogen and oxygen atoms in total. The van der Waals surface area contributed by atoms with Gasteiger partial charge in [0, 0.05) is 24.3 Å². The molecule has 3 rings (SSSR count). The van der Waals surface area contributed by atoms with E-state index in [2.05, 4.69) is 5.16 Å². The number of non-ortho nitro benzene ring substituents is 1. The van der Waals surface area contributed by atoms with E-state index in [-0.39, 0.29) is 5.69 Å². The lowest BCUT2D eigenvalue weighted by Crippen LogP contribution is -2.30. The maximum Gasteiger partial charge on any atom is 0.321 e. The number of fused-ring (bicyclic) bond motifs is 1.